The molecule has 2 aliphatic rings. The third-order valence-electron chi connectivity index (χ3n) is 22.3. The number of nitrogens with zero attached hydrogens (tertiary/aromatic N) is 7. The fourth-order valence-electron chi connectivity index (χ4n) is 16.6. The van der Waals surface area contributed by atoms with Crippen LogP contribution in [0, 0.1) is 0 Å². The fourth-order valence-corrected chi connectivity index (χ4v) is 16.6. The number of fused-ring (bicyclic) bond motifs is 10. The van der Waals surface area contributed by atoms with Crippen molar-refractivity contribution in [3.05, 3.63) is 362 Å². The first kappa shape index (κ1) is 53.4. The average Bonchev–Trinajstić information content (AvgIpc) is 1.66. The van der Waals surface area contributed by atoms with Crippen LogP contribution in [-0.4, -0.2) is 30.8 Å². The van der Waals surface area contributed by atoms with Crippen molar-refractivity contribution in [1.29, 1.82) is 0 Å². The summed E-state index contributed by atoms with van der Waals surface area (Å²) in [6, 6.07) is 74.4. The molecule has 3 aromatic heterocycles. The molecule has 8 heteroatoms. The number of para-hydroxylation sites is 4. The van der Waals surface area contributed by atoms with Crippen LogP contribution in [0.15, 0.2) is 345 Å². The number of anilines is 6. The van der Waals surface area contributed by atoms with Crippen molar-refractivity contribution in [2.45, 2.75) is 78.6 Å². The number of hydrogen-bond donors (Lipinski definition) is 0. The highest BCUT2D eigenvalue weighted by molar-refractivity contribution is 7.00. The lowest BCUT2D eigenvalue weighted by atomic mass is 9.33. The molecule has 0 fully saturated rings. The summed E-state index contributed by atoms with van der Waals surface area (Å²) >= 11 is 0. The molecule has 0 saturated heterocycles. The first-order valence-corrected chi connectivity index (χ1v) is 38.2. The molecule has 18 aromatic rings. The Kier molecular flexibility index (Phi) is 12.6. The summed E-state index contributed by atoms with van der Waals surface area (Å²) in [6.07, 6.45) is 0. The molecule has 15 aromatic carbocycles. The molecule has 0 aliphatic carbocycles. The predicted octanol–water partition coefficient (Wildman–Crippen LogP) is 25.7. The van der Waals surface area contributed by atoms with Gasteiger partial charge in [-0.2, -0.15) is 0 Å². The zero-order valence-corrected chi connectivity index (χ0v) is 63.9. The van der Waals surface area contributed by atoms with Gasteiger partial charge in [-0.3, -0.25) is 0 Å². The van der Waals surface area contributed by atoms with Gasteiger partial charge in [-0.15, -0.1) is 0 Å². The van der Waals surface area contributed by atoms with Crippen molar-refractivity contribution >= 4 is 101 Å². The molecule has 2 aliphatic heterocycles. The van der Waals surface area contributed by atoms with Crippen LogP contribution in [0.2, 0.25) is 0 Å². The topological polar surface area (TPSA) is 55.0 Å². The maximum Gasteiger partial charge on any atom is 0.252 e. The van der Waals surface area contributed by atoms with Crippen LogP contribution in [0.25, 0.3) is 134 Å². The highest BCUT2D eigenvalue weighted by Gasteiger charge is 2.46. The zero-order valence-electron chi connectivity index (χ0n) is 79.9. The van der Waals surface area contributed by atoms with Crippen molar-refractivity contribution in [3.63, 3.8) is 0 Å². The van der Waals surface area contributed by atoms with E-state index in [1.54, 1.807) is 4.57 Å². The monoisotopic (exact) mass is 1470 g/mol. The Morgan fingerprint density at radius 3 is 1.15 bits per heavy atom. The van der Waals surface area contributed by atoms with E-state index >= 15 is 0 Å². The smallest absolute Gasteiger partial charge is 0.252 e. The molecule has 5 heterocycles. The Morgan fingerprint density at radius 1 is 0.274 bits per heavy atom. The molecule has 0 saturated carbocycles. The summed E-state index contributed by atoms with van der Waals surface area (Å²) in [6.45, 7) is 18.9. The third kappa shape index (κ3) is 11.8. The summed E-state index contributed by atoms with van der Waals surface area (Å²) in [5, 5.41) is -0.520. The van der Waals surface area contributed by atoms with Gasteiger partial charge in [0.2, 0.25) is 0 Å². The first-order valence-electron chi connectivity index (χ1n) is 46.2. The van der Waals surface area contributed by atoms with Gasteiger partial charge in [0.1, 0.15) is 0 Å². The van der Waals surface area contributed by atoms with Crippen LogP contribution in [-0.2, 0) is 16.2 Å². The van der Waals surface area contributed by atoms with Crippen molar-refractivity contribution in [3.8, 4) is 90.0 Å². The van der Waals surface area contributed by atoms with E-state index in [4.69, 9.17) is 17.7 Å². The van der Waals surface area contributed by atoms with E-state index in [-0.39, 0.29) is 65.8 Å². The Bertz CT molecular complexity index is 7580. The van der Waals surface area contributed by atoms with Gasteiger partial charge in [0.25, 0.3) is 6.71 Å². The van der Waals surface area contributed by atoms with Crippen LogP contribution in [0.1, 0.15) is 101 Å². The van der Waals surface area contributed by atoms with Crippen LogP contribution < -0.4 is 26.2 Å². The van der Waals surface area contributed by atoms with Crippen LogP contribution in [0.3, 0.4) is 0 Å². The number of benzene rings is 15. The van der Waals surface area contributed by atoms with Crippen molar-refractivity contribution in [2.75, 3.05) is 9.80 Å². The Hall–Kier alpha value is -13.4. The molecule has 113 heavy (non-hydrogen) atoms. The SMILES string of the molecule is [2H]c1c([2H])c([2H])c2c(c1[2H])c1c([2H])c([2H])c([2H])c([2H])c1n2-c1ccc2c(c1)N(c1ccc(-c3ccccc3)cc1-c1ccccc1)c1cc(-n3c4c([2H])c([2H])c([2H])c([2H])c4c4c([2H])c([2H])c([2H])c([2H])c43)cc3c1B2c1ccc(-c2cc(C(C)(C)C)cc(C(C)(C)C)c2)cc1N3c1c(-c2ccccc2)cc(C(C)(C)C)cc1-c1nc(-c2ccccc2)nc(-c2ccccc2)n1. The zero-order chi connectivity index (χ0) is 90.5. The largest absolute Gasteiger partial charge is 0.311 e. The van der Waals surface area contributed by atoms with E-state index in [2.05, 4.69) is 139 Å². The highest BCUT2D eigenvalue weighted by atomic mass is 15.2. The molecular weight excluding hydrogens is 1370 g/mol. The minimum atomic E-state index is -0.857. The predicted molar refractivity (Wildman–Crippen MR) is 477 cm³/mol. The number of aromatic nitrogens is 5. The normalized spacial score (nSPS) is 14.8. The van der Waals surface area contributed by atoms with E-state index in [1.165, 1.54) is 4.57 Å². The van der Waals surface area contributed by atoms with Gasteiger partial charge in [-0.05, 0) is 161 Å². The lowest BCUT2D eigenvalue weighted by Crippen LogP contribution is -2.61. The molecule has 0 bridgehead atoms. The quantitative estimate of drug-likeness (QED) is 0.121. The fraction of sp³-hybridized carbons (Fsp3) is 0.114. The van der Waals surface area contributed by atoms with Gasteiger partial charge in [0.05, 0.1) is 61.1 Å². The van der Waals surface area contributed by atoms with Crippen molar-refractivity contribution < 1.29 is 21.9 Å². The Balaban J connectivity index is 1.04. The molecule has 0 atom stereocenters. The number of hydrogen-bond acceptors (Lipinski definition) is 5. The maximum atomic E-state index is 10.3. The lowest BCUT2D eigenvalue weighted by molar-refractivity contribution is 0.569. The standard InChI is InChI=1S/C105H84BN7/c1-103(2,3)75-57-74(58-76(61-75)104(4,5)6)73-51-54-87-94(60-73)113(99-85(69-37-19-12-20-38-69)62-77(105(7,8)9)63-86(99)102-108-100(70-39-21-13-22-40-70)107-101(109-102)71-41-23-14-24-42-71)97-66-79(111-91-49-31-27-45-82(91)83-46-28-32-50-92(83)111)65-96-98(97)106(87)88-55-53-78(110-89-47-29-25-43-80(89)81-44-26-30-48-90(81)110)64-95(88)112(96)93-56-52-72(67-33-15-10-16-34-67)59-84(93)68-35-17-11-18-36-68/h10-66H,1-9H3/i25D,26D,27D,28D,29D,30D,31D,32D,43D,44D,45D,46D,47D,48D,49D,50D. The van der Waals surface area contributed by atoms with E-state index in [9.17, 15) is 19.2 Å². The van der Waals surface area contributed by atoms with Gasteiger partial charge in [-0.25, -0.2) is 15.0 Å². The number of rotatable bonds is 11. The molecule has 20 rings (SSSR count). The van der Waals surface area contributed by atoms with E-state index in [1.807, 2.05) is 182 Å². The third-order valence-corrected chi connectivity index (χ3v) is 22.3. The van der Waals surface area contributed by atoms with Gasteiger partial charge in [0.15, 0.2) is 17.5 Å². The second kappa shape index (κ2) is 26.7. The van der Waals surface area contributed by atoms with Crippen LogP contribution in [0.4, 0.5) is 34.1 Å². The molecule has 0 spiro atoms. The first-order chi connectivity index (χ1) is 61.6. The summed E-state index contributed by atoms with van der Waals surface area (Å²) in [4.78, 5) is 21.1. The summed E-state index contributed by atoms with van der Waals surface area (Å²) < 4.78 is 158. The van der Waals surface area contributed by atoms with E-state index in [0.717, 1.165) is 72.2 Å². The minimum Gasteiger partial charge on any atom is -0.311 e. The Labute approximate surface area is 684 Å². The Morgan fingerprint density at radius 2 is 0.655 bits per heavy atom. The maximum absolute atomic E-state index is 10.3. The molecular formula is C105H84BN7. The summed E-state index contributed by atoms with van der Waals surface area (Å²) in [7, 11) is 0. The minimum absolute atomic E-state index is 0.100. The van der Waals surface area contributed by atoms with Crippen LogP contribution >= 0.6 is 0 Å². The van der Waals surface area contributed by atoms with Crippen molar-refractivity contribution in [2.24, 2.45) is 0 Å². The molecule has 0 amide bonds. The molecule has 0 N–H and O–H groups in total. The molecule has 7 nitrogen and oxygen atoms in total. The molecule has 542 valence electrons. The van der Waals surface area contributed by atoms with Gasteiger partial charge in [-0.1, -0.05) is 329 Å². The van der Waals surface area contributed by atoms with E-state index in [0.29, 0.717) is 73.7 Å². The van der Waals surface area contributed by atoms with Crippen LogP contribution in [0.5, 0.6) is 0 Å². The average molecular weight is 1470 g/mol. The van der Waals surface area contributed by atoms with Gasteiger partial charge < -0.3 is 18.9 Å². The summed E-state index contributed by atoms with van der Waals surface area (Å²) in [5.74, 6) is 1.09. The van der Waals surface area contributed by atoms with Crippen molar-refractivity contribution in [1.82, 2.24) is 24.1 Å². The second-order valence-corrected chi connectivity index (χ2v) is 32.4. The summed E-state index contributed by atoms with van der Waals surface area (Å²) in [5.41, 5.74) is 15.7. The van der Waals surface area contributed by atoms with Gasteiger partial charge >= 0.3 is 0 Å². The second-order valence-electron chi connectivity index (χ2n) is 32.4. The molecule has 0 radical (unpaired) electrons. The lowest BCUT2D eigenvalue weighted by Gasteiger charge is -2.46. The van der Waals surface area contributed by atoms with Gasteiger partial charge in [0, 0.05) is 77.8 Å². The highest BCUT2D eigenvalue weighted by Crippen LogP contribution is 2.55. The van der Waals surface area contributed by atoms with E-state index < -0.39 is 109 Å². The molecule has 0 unspecified atom stereocenters.